The standard InChI is InChI=1S/C20H15Cl3N4O2/c1-10-18(11-2-4-12(21)5-3-11)19-25-20(29)16(27(19)26-10)9-17(28)24-15-7-6-13(22)8-14(15)23/h2-8,16H,9H2,1H3,(H,24,28)(H,25,29). The zero-order chi connectivity index (χ0) is 20.7. The zero-order valence-corrected chi connectivity index (χ0v) is 17.4. The van der Waals surface area contributed by atoms with E-state index >= 15 is 0 Å². The summed E-state index contributed by atoms with van der Waals surface area (Å²) >= 11 is 17.9. The molecule has 29 heavy (non-hydrogen) atoms. The van der Waals surface area contributed by atoms with E-state index in [4.69, 9.17) is 34.8 Å². The fraction of sp³-hybridized carbons (Fsp3) is 0.150. The highest BCUT2D eigenvalue weighted by Crippen LogP contribution is 2.38. The van der Waals surface area contributed by atoms with Crippen molar-refractivity contribution in [2.45, 2.75) is 19.4 Å². The number of halogens is 3. The molecular weight excluding hydrogens is 435 g/mol. The minimum Gasteiger partial charge on any atom is -0.325 e. The van der Waals surface area contributed by atoms with Crippen LogP contribution in [0.25, 0.3) is 11.1 Å². The third kappa shape index (κ3) is 3.83. The minimum absolute atomic E-state index is 0.0844. The Hall–Kier alpha value is -2.54. The summed E-state index contributed by atoms with van der Waals surface area (Å²) in [6.07, 6.45) is -0.0844. The molecule has 1 aromatic heterocycles. The highest BCUT2D eigenvalue weighted by molar-refractivity contribution is 6.36. The summed E-state index contributed by atoms with van der Waals surface area (Å²) in [5.74, 6) is -0.0827. The second kappa shape index (κ2) is 7.71. The average molecular weight is 450 g/mol. The molecule has 0 aliphatic carbocycles. The molecule has 3 aromatic rings. The van der Waals surface area contributed by atoms with Crippen LogP contribution in [0.4, 0.5) is 11.5 Å². The Morgan fingerprint density at radius 1 is 1.14 bits per heavy atom. The maximum Gasteiger partial charge on any atom is 0.251 e. The first-order valence-electron chi connectivity index (χ1n) is 8.74. The number of carbonyl (C=O) groups is 2. The fourth-order valence-electron chi connectivity index (χ4n) is 3.31. The van der Waals surface area contributed by atoms with Gasteiger partial charge in [0.15, 0.2) is 0 Å². The van der Waals surface area contributed by atoms with Gasteiger partial charge < -0.3 is 10.6 Å². The molecule has 1 atom stereocenters. The van der Waals surface area contributed by atoms with E-state index < -0.39 is 6.04 Å². The zero-order valence-electron chi connectivity index (χ0n) is 15.2. The summed E-state index contributed by atoms with van der Waals surface area (Å²) in [4.78, 5) is 25.0. The van der Waals surface area contributed by atoms with Crippen molar-refractivity contribution in [1.82, 2.24) is 9.78 Å². The largest absolute Gasteiger partial charge is 0.325 e. The summed E-state index contributed by atoms with van der Waals surface area (Å²) in [7, 11) is 0. The van der Waals surface area contributed by atoms with E-state index in [0.717, 1.165) is 16.8 Å². The van der Waals surface area contributed by atoms with Crippen LogP contribution in [0.2, 0.25) is 15.1 Å². The minimum atomic E-state index is -0.754. The van der Waals surface area contributed by atoms with Gasteiger partial charge in [-0.05, 0) is 42.8 Å². The van der Waals surface area contributed by atoms with Gasteiger partial charge in [0, 0.05) is 15.6 Å². The van der Waals surface area contributed by atoms with E-state index in [0.29, 0.717) is 26.6 Å². The number of anilines is 2. The van der Waals surface area contributed by atoms with E-state index in [2.05, 4.69) is 15.7 Å². The molecule has 0 spiro atoms. The molecule has 0 saturated heterocycles. The van der Waals surface area contributed by atoms with Gasteiger partial charge in [0.1, 0.15) is 11.9 Å². The predicted octanol–water partition coefficient (Wildman–Crippen LogP) is 5.34. The number of nitrogens with zero attached hydrogens (tertiary/aromatic N) is 2. The molecule has 0 radical (unpaired) electrons. The molecule has 2 heterocycles. The Bertz CT molecular complexity index is 1130. The number of aromatic nitrogens is 2. The Morgan fingerprint density at radius 3 is 2.52 bits per heavy atom. The van der Waals surface area contributed by atoms with Gasteiger partial charge in [0.2, 0.25) is 5.91 Å². The summed E-state index contributed by atoms with van der Waals surface area (Å²) in [6, 6.07) is 11.3. The molecule has 2 amide bonds. The van der Waals surface area contributed by atoms with Gasteiger partial charge in [-0.3, -0.25) is 9.59 Å². The lowest BCUT2D eigenvalue weighted by Gasteiger charge is -2.11. The van der Waals surface area contributed by atoms with Crippen molar-refractivity contribution in [3.63, 3.8) is 0 Å². The lowest BCUT2D eigenvalue weighted by atomic mass is 10.1. The highest BCUT2D eigenvalue weighted by Gasteiger charge is 2.36. The van der Waals surface area contributed by atoms with Gasteiger partial charge >= 0.3 is 0 Å². The third-order valence-corrected chi connectivity index (χ3v) is 5.44. The molecular formula is C20H15Cl3N4O2. The Kier molecular flexibility index (Phi) is 5.25. The maximum absolute atomic E-state index is 12.5. The summed E-state index contributed by atoms with van der Waals surface area (Å²) in [6.45, 7) is 1.85. The smallest absolute Gasteiger partial charge is 0.251 e. The Morgan fingerprint density at radius 2 is 1.83 bits per heavy atom. The molecule has 2 N–H and O–H groups in total. The van der Waals surface area contributed by atoms with E-state index in [1.54, 1.807) is 28.9 Å². The lowest BCUT2D eigenvalue weighted by Crippen LogP contribution is -2.23. The van der Waals surface area contributed by atoms with Crippen molar-refractivity contribution in [1.29, 1.82) is 0 Å². The number of aryl methyl sites for hydroxylation is 1. The number of amides is 2. The van der Waals surface area contributed by atoms with E-state index in [1.165, 1.54) is 6.07 Å². The first-order chi connectivity index (χ1) is 13.8. The number of hydrogen-bond donors (Lipinski definition) is 2. The average Bonchev–Trinajstić information content (AvgIpc) is 3.13. The molecule has 9 heteroatoms. The van der Waals surface area contributed by atoms with Crippen LogP contribution in [-0.4, -0.2) is 21.6 Å². The van der Waals surface area contributed by atoms with Crippen LogP contribution < -0.4 is 10.6 Å². The lowest BCUT2D eigenvalue weighted by molar-refractivity contribution is -0.123. The van der Waals surface area contributed by atoms with Crippen molar-refractivity contribution >= 4 is 58.1 Å². The van der Waals surface area contributed by atoms with Crippen LogP contribution in [0.5, 0.6) is 0 Å². The molecule has 0 bridgehead atoms. The first kappa shape index (κ1) is 19.8. The number of rotatable bonds is 4. The molecule has 2 aromatic carbocycles. The second-order valence-electron chi connectivity index (χ2n) is 6.64. The second-order valence-corrected chi connectivity index (χ2v) is 7.92. The van der Waals surface area contributed by atoms with Crippen LogP contribution in [0.3, 0.4) is 0 Å². The van der Waals surface area contributed by atoms with E-state index in [1.807, 2.05) is 19.1 Å². The van der Waals surface area contributed by atoms with Crippen molar-refractivity contribution in [2.75, 3.05) is 10.6 Å². The molecule has 0 saturated carbocycles. The van der Waals surface area contributed by atoms with Gasteiger partial charge in [-0.1, -0.05) is 46.9 Å². The molecule has 4 rings (SSSR count). The number of benzene rings is 2. The number of carbonyl (C=O) groups excluding carboxylic acids is 2. The van der Waals surface area contributed by atoms with Gasteiger partial charge in [-0.15, -0.1) is 0 Å². The van der Waals surface area contributed by atoms with Crippen molar-refractivity contribution < 1.29 is 9.59 Å². The number of fused-ring (bicyclic) bond motifs is 1. The number of nitrogens with one attached hydrogen (secondary N) is 2. The van der Waals surface area contributed by atoms with Crippen LogP contribution in [0.15, 0.2) is 42.5 Å². The fourth-order valence-corrected chi connectivity index (χ4v) is 3.89. The van der Waals surface area contributed by atoms with Crippen molar-refractivity contribution in [3.05, 3.63) is 63.2 Å². The van der Waals surface area contributed by atoms with Gasteiger partial charge in [0.25, 0.3) is 5.91 Å². The van der Waals surface area contributed by atoms with Crippen LogP contribution in [0, 0.1) is 6.92 Å². The van der Waals surface area contributed by atoms with E-state index in [-0.39, 0.29) is 18.2 Å². The summed E-state index contributed by atoms with van der Waals surface area (Å²) < 4.78 is 1.56. The maximum atomic E-state index is 12.5. The first-order valence-corrected chi connectivity index (χ1v) is 9.87. The molecule has 0 fully saturated rings. The number of hydrogen-bond acceptors (Lipinski definition) is 3. The quantitative estimate of drug-likeness (QED) is 0.564. The van der Waals surface area contributed by atoms with E-state index in [9.17, 15) is 9.59 Å². The third-order valence-electron chi connectivity index (χ3n) is 4.64. The summed E-state index contributed by atoms with van der Waals surface area (Å²) in [5, 5.41) is 11.4. The monoisotopic (exact) mass is 448 g/mol. The Labute approximate surface area is 181 Å². The van der Waals surface area contributed by atoms with Gasteiger partial charge in [-0.25, -0.2) is 4.68 Å². The van der Waals surface area contributed by atoms with Gasteiger partial charge in [0.05, 0.1) is 22.8 Å². The van der Waals surface area contributed by atoms with Crippen molar-refractivity contribution in [2.24, 2.45) is 0 Å². The summed E-state index contributed by atoms with van der Waals surface area (Å²) in [5.41, 5.74) is 2.86. The molecule has 6 nitrogen and oxygen atoms in total. The molecule has 148 valence electrons. The van der Waals surface area contributed by atoms with Crippen molar-refractivity contribution in [3.8, 4) is 11.1 Å². The normalized spacial score (nSPS) is 15.2. The Balaban J connectivity index is 1.58. The van der Waals surface area contributed by atoms with Gasteiger partial charge in [-0.2, -0.15) is 5.10 Å². The topological polar surface area (TPSA) is 76.0 Å². The highest BCUT2D eigenvalue weighted by atomic mass is 35.5. The van der Waals surface area contributed by atoms with Crippen LogP contribution in [-0.2, 0) is 9.59 Å². The van der Waals surface area contributed by atoms with Crippen LogP contribution >= 0.6 is 34.8 Å². The molecule has 1 aliphatic rings. The molecule has 1 unspecified atom stereocenters. The van der Waals surface area contributed by atoms with Crippen LogP contribution in [0.1, 0.15) is 18.2 Å². The molecule has 1 aliphatic heterocycles. The predicted molar refractivity (Wildman–Crippen MR) is 115 cm³/mol. The SMILES string of the molecule is Cc1nn2c(c1-c1ccc(Cl)cc1)NC(=O)C2CC(=O)Nc1ccc(Cl)cc1Cl.